The molecule has 2 aromatic carbocycles. The van der Waals surface area contributed by atoms with Gasteiger partial charge in [0, 0.05) is 73.3 Å². The van der Waals surface area contributed by atoms with Crippen LogP contribution in [-0.4, -0.2) is 74.1 Å². The molecule has 1 unspecified atom stereocenters. The summed E-state index contributed by atoms with van der Waals surface area (Å²) < 4.78 is 0. The molecule has 0 spiro atoms. The topological polar surface area (TPSA) is 184 Å². The minimum Gasteiger partial charge on any atom is -0.399 e. The second kappa shape index (κ2) is 22.0. The Hall–Kier alpha value is -4.58. The lowest BCUT2D eigenvalue weighted by atomic mass is 10.1. The zero-order valence-electron chi connectivity index (χ0n) is 27.2. The number of fused-ring (bicyclic) bond motifs is 1. The maximum atomic E-state index is 12.8. The molecule has 0 saturated carbocycles. The monoisotopic (exact) mass is 634 g/mol. The number of aliphatic imine (C=N–C) groups is 1. The van der Waals surface area contributed by atoms with Crippen molar-refractivity contribution in [1.82, 2.24) is 15.5 Å². The normalized spacial score (nSPS) is 13.1. The van der Waals surface area contributed by atoms with E-state index < -0.39 is 0 Å². The van der Waals surface area contributed by atoms with Crippen molar-refractivity contribution < 1.29 is 19.2 Å². The maximum Gasteiger partial charge on any atom is 0.254 e. The van der Waals surface area contributed by atoms with E-state index in [0.29, 0.717) is 61.4 Å². The second-order valence-electron chi connectivity index (χ2n) is 11.1. The lowest BCUT2D eigenvalue weighted by molar-refractivity contribution is -0.116. The fraction of sp³-hybridized carbons (Fsp3) is 0.471. The number of anilines is 2. The van der Waals surface area contributed by atoms with Gasteiger partial charge in [-0.3, -0.25) is 19.4 Å². The van der Waals surface area contributed by atoms with Crippen molar-refractivity contribution in [1.29, 1.82) is 0 Å². The SMILES string of the molecule is CC(CCC=O)N1Cc2c(NC(=O)CCCCCCCNCCCN=C/C(=N\N)c3ccc(N)cc3)cccc2C1=O.CNC=O. The van der Waals surface area contributed by atoms with E-state index in [4.69, 9.17) is 16.4 Å². The van der Waals surface area contributed by atoms with Crippen LogP contribution in [0.25, 0.3) is 0 Å². The average Bonchev–Trinajstić information content (AvgIpc) is 3.41. The van der Waals surface area contributed by atoms with Gasteiger partial charge in [-0.25, -0.2) is 0 Å². The van der Waals surface area contributed by atoms with Crippen LogP contribution in [0.5, 0.6) is 0 Å². The third-order valence-electron chi connectivity index (χ3n) is 7.58. The number of hydrazone groups is 1. The van der Waals surface area contributed by atoms with Gasteiger partial charge in [-0.15, -0.1) is 0 Å². The van der Waals surface area contributed by atoms with Crippen LogP contribution in [0.2, 0.25) is 0 Å². The Morgan fingerprint density at radius 3 is 2.41 bits per heavy atom. The molecule has 1 atom stereocenters. The molecule has 12 nitrogen and oxygen atoms in total. The van der Waals surface area contributed by atoms with Crippen LogP contribution in [0.3, 0.4) is 0 Å². The highest BCUT2D eigenvalue weighted by atomic mass is 16.2. The molecule has 0 radical (unpaired) electrons. The highest BCUT2D eigenvalue weighted by molar-refractivity contribution is 6.38. The standard InChI is InChI=1S/C32H45N7O3.C2H5NO/c1-24(10-8-21-40)39-23-28-27(32(39)42)11-7-12-29(28)37-31(41)13-5-3-2-4-6-18-35-19-9-20-36-22-30(38-34)25-14-16-26(33)17-15-25;1-3-2-4/h7,11-12,14-17,21-22,24,35H,2-6,8-10,13,18-20,23,33-34H2,1H3,(H,37,41);2H,1H3,(H,3,4)/b36-22?,38-30+;. The molecule has 250 valence electrons. The first kappa shape index (κ1) is 37.6. The number of unbranched alkanes of at least 4 members (excludes halogenated alkanes) is 4. The van der Waals surface area contributed by atoms with Crippen molar-refractivity contribution in [3.05, 3.63) is 59.2 Å². The van der Waals surface area contributed by atoms with E-state index in [1.807, 2.05) is 43.3 Å². The first-order valence-corrected chi connectivity index (χ1v) is 16.0. The number of amides is 3. The Bertz CT molecular complexity index is 1300. The minimum atomic E-state index is -0.0380. The number of nitrogens with two attached hydrogens (primary N) is 2. The third kappa shape index (κ3) is 13.2. The van der Waals surface area contributed by atoms with Crippen LogP contribution in [0.4, 0.5) is 11.4 Å². The minimum absolute atomic E-state index is 0.0223. The van der Waals surface area contributed by atoms with Gasteiger partial charge in [0.05, 0.1) is 0 Å². The van der Waals surface area contributed by atoms with Gasteiger partial charge in [-0.2, -0.15) is 5.10 Å². The summed E-state index contributed by atoms with van der Waals surface area (Å²) in [5.74, 6) is 5.43. The van der Waals surface area contributed by atoms with E-state index in [0.717, 1.165) is 69.0 Å². The number of nitrogens with zero attached hydrogens (tertiary/aromatic N) is 3. The Kier molecular flexibility index (Phi) is 18.0. The van der Waals surface area contributed by atoms with Gasteiger partial charge < -0.3 is 37.2 Å². The van der Waals surface area contributed by atoms with Gasteiger partial charge in [0.25, 0.3) is 5.91 Å². The molecule has 0 bridgehead atoms. The van der Waals surface area contributed by atoms with Crippen molar-refractivity contribution in [2.24, 2.45) is 15.9 Å². The molecule has 3 amide bonds. The number of carbonyl (C=O) groups is 4. The van der Waals surface area contributed by atoms with Crippen molar-refractivity contribution >= 4 is 47.8 Å². The zero-order chi connectivity index (χ0) is 33.6. The maximum absolute atomic E-state index is 12.8. The summed E-state index contributed by atoms with van der Waals surface area (Å²) in [6.45, 7) is 4.98. The Morgan fingerprint density at radius 2 is 1.72 bits per heavy atom. The summed E-state index contributed by atoms with van der Waals surface area (Å²) in [7, 11) is 1.56. The number of nitrogens with one attached hydrogen (secondary N) is 3. The fourth-order valence-electron chi connectivity index (χ4n) is 4.98. The number of benzene rings is 2. The van der Waals surface area contributed by atoms with Gasteiger partial charge in [0.15, 0.2) is 0 Å². The van der Waals surface area contributed by atoms with E-state index in [1.54, 1.807) is 24.2 Å². The molecular formula is C34H50N8O4. The number of hydrogen-bond acceptors (Lipinski definition) is 9. The molecule has 0 aliphatic carbocycles. The third-order valence-corrected chi connectivity index (χ3v) is 7.58. The van der Waals surface area contributed by atoms with E-state index in [9.17, 15) is 14.4 Å². The van der Waals surface area contributed by atoms with E-state index in [2.05, 4.69) is 26.0 Å². The lowest BCUT2D eigenvalue weighted by Gasteiger charge is -2.23. The summed E-state index contributed by atoms with van der Waals surface area (Å²) in [6.07, 6.45) is 10.8. The molecule has 3 rings (SSSR count). The number of hydrogen-bond donors (Lipinski definition) is 5. The first-order valence-electron chi connectivity index (χ1n) is 16.0. The Labute approximate surface area is 272 Å². The van der Waals surface area contributed by atoms with Crippen molar-refractivity contribution in [2.45, 2.75) is 77.3 Å². The van der Waals surface area contributed by atoms with Gasteiger partial charge in [0.1, 0.15) is 12.0 Å². The summed E-state index contributed by atoms with van der Waals surface area (Å²) in [5, 5.41) is 12.5. The first-order chi connectivity index (χ1) is 22.4. The highest BCUT2D eigenvalue weighted by Crippen LogP contribution is 2.31. The van der Waals surface area contributed by atoms with Crippen molar-refractivity contribution in [3.63, 3.8) is 0 Å². The molecule has 1 aliphatic heterocycles. The van der Waals surface area contributed by atoms with Gasteiger partial charge in [-0.1, -0.05) is 37.5 Å². The summed E-state index contributed by atoms with van der Waals surface area (Å²) >= 11 is 0. The Balaban J connectivity index is 0.00000173. The summed E-state index contributed by atoms with van der Waals surface area (Å²) in [6, 6.07) is 12.8. The van der Waals surface area contributed by atoms with Gasteiger partial charge in [0.2, 0.25) is 12.3 Å². The highest BCUT2D eigenvalue weighted by Gasteiger charge is 2.32. The van der Waals surface area contributed by atoms with Crippen molar-refractivity contribution in [3.8, 4) is 0 Å². The number of rotatable bonds is 20. The molecule has 0 fully saturated rings. The smallest absolute Gasteiger partial charge is 0.254 e. The van der Waals surface area contributed by atoms with Crippen LogP contribution in [0.15, 0.2) is 52.6 Å². The largest absolute Gasteiger partial charge is 0.399 e. The number of carbonyl (C=O) groups excluding carboxylic acids is 4. The average molecular weight is 635 g/mol. The molecule has 1 aliphatic rings. The molecule has 12 heteroatoms. The second-order valence-corrected chi connectivity index (χ2v) is 11.1. The Morgan fingerprint density at radius 1 is 1.02 bits per heavy atom. The molecule has 2 aromatic rings. The summed E-state index contributed by atoms with van der Waals surface area (Å²) in [4.78, 5) is 51.4. The van der Waals surface area contributed by atoms with Crippen LogP contribution in [0, 0.1) is 0 Å². The molecule has 1 heterocycles. The fourth-order valence-corrected chi connectivity index (χ4v) is 4.98. The predicted molar refractivity (Wildman–Crippen MR) is 185 cm³/mol. The van der Waals surface area contributed by atoms with Crippen LogP contribution in [-0.2, 0) is 20.9 Å². The van der Waals surface area contributed by atoms with E-state index >= 15 is 0 Å². The van der Waals surface area contributed by atoms with Crippen LogP contribution >= 0.6 is 0 Å². The molecule has 0 aromatic heterocycles. The van der Waals surface area contributed by atoms with Crippen LogP contribution in [0.1, 0.15) is 86.2 Å². The van der Waals surface area contributed by atoms with Gasteiger partial charge >= 0.3 is 0 Å². The zero-order valence-corrected chi connectivity index (χ0v) is 27.2. The molecule has 0 saturated heterocycles. The molecule has 46 heavy (non-hydrogen) atoms. The van der Waals surface area contributed by atoms with Gasteiger partial charge in [-0.05, 0) is 70.0 Å². The van der Waals surface area contributed by atoms with Crippen LogP contribution < -0.4 is 27.5 Å². The number of aldehydes is 1. The molecule has 7 N–H and O–H groups in total. The van der Waals surface area contributed by atoms with Crippen molar-refractivity contribution in [2.75, 3.05) is 37.7 Å². The quantitative estimate of drug-likeness (QED) is 0.0368. The number of nitrogen functional groups attached to an aromatic ring is 1. The van der Waals surface area contributed by atoms with E-state index in [-0.39, 0.29) is 17.9 Å². The van der Waals surface area contributed by atoms with E-state index in [1.165, 1.54) is 0 Å². The lowest BCUT2D eigenvalue weighted by Crippen LogP contribution is -2.33. The predicted octanol–water partition coefficient (Wildman–Crippen LogP) is 3.65. The summed E-state index contributed by atoms with van der Waals surface area (Å²) in [5.41, 5.74) is 10.1. The molecular weight excluding hydrogens is 584 g/mol.